The van der Waals surface area contributed by atoms with Crippen molar-refractivity contribution in [2.24, 2.45) is 17.8 Å². The van der Waals surface area contributed by atoms with Crippen LogP contribution in [0.25, 0.3) is 0 Å². The number of rotatable bonds is 0. The lowest BCUT2D eigenvalue weighted by molar-refractivity contribution is 0.238. The highest BCUT2D eigenvalue weighted by atomic mass is 15.1. The van der Waals surface area contributed by atoms with E-state index in [4.69, 9.17) is 0 Å². The fourth-order valence-electron chi connectivity index (χ4n) is 2.90. The molecule has 1 aliphatic carbocycles. The Labute approximate surface area is 69.8 Å². The zero-order chi connectivity index (χ0) is 7.84. The quantitative estimate of drug-likeness (QED) is 0.514. The average molecular weight is 153 g/mol. The molecule has 3 atom stereocenters. The van der Waals surface area contributed by atoms with Crippen LogP contribution in [0, 0.1) is 17.8 Å². The van der Waals surface area contributed by atoms with Gasteiger partial charge in [-0.25, -0.2) is 0 Å². The van der Waals surface area contributed by atoms with E-state index in [2.05, 4.69) is 18.9 Å². The maximum atomic E-state index is 2.51. The summed E-state index contributed by atoms with van der Waals surface area (Å²) in [5, 5.41) is 0. The molecule has 1 saturated heterocycles. The maximum Gasteiger partial charge on any atom is 0.000995 e. The lowest BCUT2D eigenvalue weighted by atomic mass is 9.77. The van der Waals surface area contributed by atoms with Gasteiger partial charge in [-0.1, -0.05) is 13.3 Å². The molecule has 2 aliphatic rings. The van der Waals surface area contributed by atoms with Crippen LogP contribution in [0.4, 0.5) is 0 Å². The molecular weight excluding hydrogens is 134 g/mol. The van der Waals surface area contributed by atoms with Crippen LogP contribution in [0.3, 0.4) is 0 Å². The summed E-state index contributed by atoms with van der Waals surface area (Å²) >= 11 is 0. The Bertz CT molecular complexity index is 144. The highest BCUT2D eigenvalue weighted by Crippen LogP contribution is 2.37. The summed E-state index contributed by atoms with van der Waals surface area (Å²) in [6, 6.07) is 0. The Morgan fingerprint density at radius 1 is 1.09 bits per heavy atom. The number of fused-ring (bicyclic) bond motifs is 1. The first kappa shape index (κ1) is 7.60. The van der Waals surface area contributed by atoms with Crippen molar-refractivity contribution in [3.8, 4) is 0 Å². The first-order valence-electron chi connectivity index (χ1n) is 4.94. The smallest absolute Gasteiger partial charge is 0.000995 e. The van der Waals surface area contributed by atoms with Gasteiger partial charge >= 0.3 is 0 Å². The van der Waals surface area contributed by atoms with E-state index in [0.717, 1.165) is 17.8 Å². The molecule has 64 valence electrons. The van der Waals surface area contributed by atoms with E-state index in [0.29, 0.717) is 0 Å². The topological polar surface area (TPSA) is 3.24 Å². The summed E-state index contributed by atoms with van der Waals surface area (Å²) in [6.07, 6.45) is 4.47. The normalized spacial score (nSPS) is 45.8. The van der Waals surface area contributed by atoms with E-state index in [-0.39, 0.29) is 0 Å². The predicted molar refractivity (Wildman–Crippen MR) is 47.5 cm³/mol. The molecule has 1 heteroatoms. The summed E-state index contributed by atoms with van der Waals surface area (Å²) < 4.78 is 0. The van der Waals surface area contributed by atoms with Crippen molar-refractivity contribution >= 4 is 0 Å². The van der Waals surface area contributed by atoms with Gasteiger partial charge in [-0.2, -0.15) is 0 Å². The third-order valence-electron chi connectivity index (χ3n) is 3.49. The molecule has 1 saturated carbocycles. The fraction of sp³-hybridized carbons (Fsp3) is 1.00. The Morgan fingerprint density at radius 2 is 1.82 bits per heavy atom. The number of nitrogens with zero attached hydrogens (tertiary/aromatic N) is 1. The molecule has 0 aromatic carbocycles. The molecule has 1 nitrogen and oxygen atoms in total. The van der Waals surface area contributed by atoms with Gasteiger partial charge in [-0.05, 0) is 37.6 Å². The highest BCUT2D eigenvalue weighted by molar-refractivity contribution is 4.86. The largest absolute Gasteiger partial charge is 0.306 e. The van der Waals surface area contributed by atoms with Crippen LogP contribution >= 0.6 is 0 Å². The minimum atomic E-state index is 1.00. The Hall–Kier alpha value is -0.0400. The van der Waals surface area contributed by atoms with Crippen LogP contribution in [0.15, 0.2) is 0 Å². The third-order valence-corrected chi connectivity index (χ3v) is 3.49. The second-order valence-corrected chi connectivity index (χ2v) is 4.66. The number of hydrogen-bond donors (Lipinski definition) is 0. The van der Waals surface area contributed by atoms with E-state index in [1.807, 2.05) is 0 Å². The molecule has 1 heterocycles. The molecule has 0 spiro atoms. The van der Waals surface area contributed by atoms with Crippen molar-refractivity contribution in [3.05, 3.63) is 0 Å². The van der Waals surface area contributed by atoms with Crippen molar-refractivity contribution in [2.75, 3.05) is 20.1 Å². The molecule has 11 heavy (non-hydrogen) atoms. The summed E-state index contributed by atoms with van der Waals surface area (Å²) in [7, 11) is 2.27. The summed E-state index contributed by atoms with van der Waals surface area (Å²) in [4.78, 5) is 2.51. The Morgan fingerprint density at radius 3 is 2.64 bits per heavy atom. The first-order valence-corrected chi connectivity index (χ1v) is 4.94. The molecule has 0 radical (unpaired) electrons. The molecule has 0 aromatic heterocycles. The molecule has 0 amide bonds. The Kier molecular flexibility index (Phi) is 1.92. The second-order valence-electron chi connectivity index (χ2n) is 4.66. The summed E-state index contributed by atoms with van der Waals surface area (Å²) in [5.41, 5.74) is 0. The molecule has 0 N–H and O–H groups in total. The third kappa shape index (κ3) is 1.44. The van der Waals surface area contributed by atoms with Crippen LogP contribution < -0.4 is 0 Å². The van der Waals surface area contributed by atoms with Gasteiger partial charge in [-0.15, -0.1) is 0 Å². The molecule has 1 aliphatic heterocycles. The van der Waals surface area contributed by atoms with Gasteiger partial charge in [0.2, 0.25) is 0 Å². The van der Waals surface area contributed by atoms with Gasteiger partial charge in [0.05, 0.1) is 0 Å². The van der Waals surface area contributed by atoms with Crippen molar-refractivity contribution in [1.29, 1.82) is 0 Å². The Balaban J connectivity index is 1.97. The molecule has 0 aromatic rings. The standard InChI is InChI=1S/C10H19N/c1-8-3-4-9-6-11(2)7-10(9)5-8/h8-10H,3-7H2,1-2H3. The SMILES string of the molecule is CC1CCC2CN(C)CC2C1. The van der Waals surface area contributed by atoms with Crippen molar-refractivity contribution in [1.82, 2.24) is 4.90 Å². The highest BCUT2D eigenvalue weighted by Gasteiger charge is 2.34. The molecule has 3 unspecified atom stereocenters. The number of hydrogen-bond acceptors (Lipinski definition) is 1. The van der Waals surface area contributed by atoms with E-state index in [1.165, 1.54) is 32.4 Å². The van der Waals surface area contributed by atoms with Crippen molar-refractivity contribution in [2.45, 2.75) is 26.2 Å². The monoisotopic (exact) mass is 153 g/mol. The molecular formula is C10H19N. The maximum absolute atomic E-state index is 2.51. The lowest BCUT2D eigenvalue weighted by Crippen LogP contribution is -2.21. The molecule has 0 bridgehead atoms. The van der Waals surface area contributed by atoms with E-state index < -0.39 is 0 Å². The minimum absolute atomic E-state index is 1.00. The first-order chi connectivity index (χ1) is 5.25. The lowest BCUT2D eigenvalue weighted by Gasteiger charge is -2.28. The molecule has 2 fully saturated rings. The van der Waals surface area contributed by atoms with Crippen LogP contribution in [0.1, 0.15) is 26.2 Å². The average Bonchev–Trinajstić information content (AvgIpc) is 2.27. The van der Waals surface area contributed by atoms with Gasteiger partial charge in [0.25, 0.3) is 0 Å². The van der Waals surface area contributed by atoms with Crippen molar-refractivity contribution in [3.63, 3.8) is 0 Å². The van der Waals surface area contributed by atoms with E-state index in [9.17, 15) is 0 Å². The predicted octanol–water partition coefficient (Wildman–Crippen LogP) is 1.98. The molecule has 2 rings (SSSR count). The van der Waals surface area contributed by atoms with Crippen LogP contribution in [0.5, 0.6) is 0 Å². The second kappa shape index (κ2) is 2.78. The van der Waals surface area contributed by atoms with E-state index in [1.54, 1.807) is 0 Å². The minimum Gasteiger partial charge on any atom is -0.306 e. The van der Waals surface area contributed by atoms with Crippen LogP contribution in [0.2, 0.25) is 0 Å². The number of likely N-dealkylation sites (tertiary alicyclic amines) is 1. The van der Waals surface area contributed by atoms with Gasteiger partial charge in [0.1, 0.15) is 0 Å². The van der Waals surface area contributed by atoms with Gasteiger partial charge in [-0.3, -0.25) is 0 Å². The zero-order valence-corrected chi connectivity index (χ0v) is 7.71. The summed E-state index contributed by atoms with van der Waals surface area (Å²) in [6.45, 7) is 5.15. The van der Waals surface area contributed by atoms with Gasteiger partial charge in [0, 0.05) is 13.1 Å². The van der Waals surface area contributed by atoms with Gasteiger partial charge in [0.15, 0.2) is 0 Å². The van der Waals surface area contributed by atoms with Crippen LogP contribution in [-0.4, -0.2) is 25.0 Å². The van der Waals surface area contributed by atoms with E-state index >= 15 is 0 Å². The fourth-order valence-corrected chi connectivity index (χ4v) is 2.90. The van der Waals surface area contributed by atoms with Crippen molar-refractivity contribution < 1.29 is 0 Å². The van der Waals surface area contributed by atoms with Gasteiger partial charge < -0.3 is 4.90 Å². The summed E-state index contributed by atoms with van der Waals surface area (Å²) in [5.74, 6) is 3.10. The zero-order valence-electron chi connectivity index (χ0n) is 7.71. The van der Waals surface area contributed by atoms with Crippen LogP contribution in [-0.2, 0) is 0 Å².